The maximum absolute atomic E-state index is 11.3. The fraction of sp³-hybridized carbons (Fsp3) is 0.818. The van der Waals surface area contributed by atoms with Gasteiger partial charge in [-0.1, -0.05) is 0 Å². The van der Waals surface area contributed by atoms with Gasteiger partial charge < -0.3 is 14.8 Å². The van der Waals surface area contributed by atoms with Crippen molar-refractivity contribution in [1.82, 2.24) is 5.32 Å². The van der Waals surface area contributed by atoms with Crippen molar-refractivity contribution < 1.29 is 19.1 Å². The summed E-state index contributed by atoms with van der Waals surface area (Å²) in [5.41, 5.74) is 0. The highest BCUT2D eigenvalue weighted by Crippen LogP contribution is 2.13. The number of esters is 1. The lowest BCUT2D eigenvalue weighted by Crippen LogP contribution is -2.33. The number of hydrogen-bond acceptors (Lipinski definition) is 4. The highest BCUT2D eigenvalue weighted by molar-refractivity contribution is 5.94. The SMILES string of the molecule is CCOC(=O)CC(=O)NCC1CCOCC1. The van der Waals surface area contributed by atoms with Crippen LogP contribution in [0.15, 0.2) is 0 Å². The molecule has 0 unspecified atom stereocenters. The van der Waals surface area contributed by atoms with Gasteiger partial charge in [0.25, 0.3) is 0 Å². The van der Waals surface area contributed by atoms with Crippen LogP contribution in [0.2, 0.25) is 0 Å². The molecule has 1 aliphatic rings. The molecule has 1 fully saturated rings. The van der Waals surface area contributed by atoms with E-state index in [2.05, 4.69) is 10.1 Å². The Labute approximate surface area is 95.5 Å². The summed E-state index contributed by atoms with van der Waals surface area (Å²) in [5.74, 6) is -0.253. The lowest BCUT2D eigenvalue weighted by Gasteiger charge is -2.22. The summed E-state index contributed by atoms with van der Waals surface area (Å²) in [7, 11) is 0. The molecule has 5 nitrogen and oxygen atoms in total. The van der Waals surface area contributed by atoms with E-state index < -0.39 is 5.97 Å². The van der Waals surface area contributed by atoms with Crippen LogP contribution in [0.25, 0.3) is 0 Å². The van der Waals surface area contributed by atoms with Crippen LogP contribution in [-0.2, 0) is 19.1 Å². The summed E-state index contributed by atoms with van der Waals surface area (Å²) in [5, 5.41) is 2.75. The maximum atomic E-state index is 11.3. The lowest BCUT2D eigenvalue weighted by atomic mass is 10.0. The number of hydrogen-bond donors (Lipinski definition) is 1. The molecule has 0 aromatic heterocycles. The third kappa shape index (κ3) is 5.11. The normalized spacial score (nSPS) is 16.8. The summed E-state index contributed by atoms with van der Waals surface area (Å²) >= 11 is 0. The van der Waals surface area contributed by atoms with Crippen LogP contribution in [0.3, 0.4) is 0 Å². The number of amides is 1. The molecule has 1 heterocycles. The first-order chi connectivity index (χ1) is 7.72. The number of rotatable bonds is 5. The zero-order valence-electron chi connectivity index (χ0n) is 9.66. The summed E-state index contributed by atoms with van der Waals surface area (Å²) < 4.78 is 9.90. The predicted octanol–water partition coefficient (Wildman–Crippen LogP) is 0.482. The number of carbonyl (C=O) groups excluding carboxylic acids is 2. The van der Waals surface area contributed by atoms with Gasteiger partial charge in [0.05, 0.1) is 6.61 Å². The second-order valence-corrected chi connectivity index (χ2v) is 3.84. The van der Waals surface area contributed by atoms with Crippen molar-refractivity contribution in [1.29, 1.82) is 0 Å². The highest BCUT2D eigenvalue weighted by atomic mass is 16.5. The minimum atomic E-state index is -0.466. The van der Waals surface area contributed by atoms with Gasteiger partial charge in [0.2, 0.25) is 5.91 Å². The van der Waals surface area contributed by atoms with Gasteiger partial charge in [0, 0.05) is 19.8 Å². The molecule has 1 amide bonds. The number of ether oxygens (including phenoxy) is 2. The van der Waals surface area contributed by atoms with Crippen LogP contribution in [0.4, 0.5) is 0 Å². The zero-order chi connectivity index (χ0) is 11.8. The Kier molecular flexibility index (Phi) is 5.85. The molecule has 16 heavy (non-hydrogen) atoms. The number of nitrogens with one attached hydrogen (secondary N) is 1. The quantitative estimate of drug-likeness (QED) is 0.550. The minimum Gasteiger partial charge on any atom is -0.466 e. The molecule has 0 atom stereocenters. The standard InChI is InChI=1S/C11H19NO4/c1-2-16-11(14)7-10(13)12-8-9-3-5-15-6-4-9/h9H,2-8H2,1H3,(H,12,13). The molecule has 0 aliphatic carbocycles. The topological polar surface area (TPSA) is 64.6 Å². The van der Waals surface area contributed by atoms with Gasteiger partial charge in [0.1, 0.15) is 6.42 Å². The van der Waals surface area contributed by atoms with Gasteiger partial charge >= 0.3 is 5.97 Å². The number of carbonyl (C=O) groups is 2. The molecule has 92 valence electrons. The van der Waals surface area contributed by atoms with E-state index in [4.69, 9.17) is 4.74 Å². The Morgan fingerprint density at radius 1 is 1.38 bits per heavy atom. The van der Waals surface area contributed by atoms with E-state index in [-0.39, 0.29) is 12.3 Å². The third-order valence-electron chi connectivity index (χ3n) is 2.54. The maximum Gasteiger partial charge on any atom is 0.315 e. The van der Waals surface area contributed by atoms with Gasteiger partial charge in [-0.05, 0) is 25.7 Å². The van der Waals surface area contributed by atoms with Gasteiger partial charge in [-0.15, -0.1) is 0 Å². The summed E-state index contributed by atoms with van der Waals surface area (Å²) in [6.45, 7) is 4.18. The second-order valence-electron chi connectivity index (χ2n) is 3.84. The molecule has 0 radical (unpaired) electrons. The molecular weight excluding hydrogens is 210 g/mol. The Balaban J connectivity index is 2.11. The molecule has 1 aliphatic heterocycles. The van der Waals surface area contributed by atoms with Gasteiger partial charge in [-0.3, -0.25) is 9.59 Å². The molecule has 1 saturated heterocycles. The fourth-order valence-corrected chi connectivity index (χ4v) is 1.61. The second kappa shape index (κ2) is 7.22. The summed E-state index contributed by atoms with van der Waals surface area (Å²) in [6, 6.07) is 0. The Bertz CT molecular complexity index is 236. The van der Waals surface area contributed by atoms with E-state index in [0.717, 1.165) is 26.1 Å². The third-order valence-corrected chi connectivity index (χ3v) is 2.54. The summed E-state index contributed by atoms with van der Waals surface area (Å²) in [6.07, 6.45) is 1.76. The van der Waals surface area contributed by atoms with Crippen LogP contribution >= 0.6 is 0 Å². The first-order valence-electron chi connectivity index (χ1n) is 5.72. The van der Waals surface area contributed by atoms with E-state index in [9.17, 15) is 9.59 Å². The average molecular weight is 229 g/mol. The Morgan fingerprint density at radius 3 is 2.69 bits per heavy atom. The molecule has 0 aromatic carbocycles. The van der Waals surface area contributed by atoms with Crippen LogP contribution in [0, 0.1) is 5.92 Å². The van der Waals surface area contributed by atoms with Crippen LogP contribution in [0.1, 0.15) is 26.2 Å². The highest BCUT2D eigenvalue weighted by Gasteiger charge is 2.16. The monoisotopic (exact) mass is 229 g/mol. The summed E-state index contributed by atoms with van der Waals surface area (Å²) in [4.78, 5) is 22.3. The smallest absolute Gasteiger partial charge is 0.315 e. The average Bonchev–Trinajstić information content (AvgIpc) is 2.28. The van der Waals surface area contributed by atoms with Gasteiger partial charge in [-0.25, -0.2) is 0 Å². The molecule has 0 saturated carbocycles. The molecule has 1 N–H and O–H groups in total. The van der Waals surface area contributed by atoms with Gasteiger partial charge in [0.15, 0.2) is 0 Å². The Hall–Kier alpha value is -1.10. The zero-order valence-corrected chi connectivity index (χ0v) is 9.66. The fourth-order valence-electron chi connectivity index (χ4n) is 1.61. The molecule has 0 aromatic rings. The largest absolute Gasteiger partial charge is 0.466 e. The lowest BCUT2D eigenvalue weighted by molar-refractivity contribution is -0.146. The van der Waals surface area contributed by atoms with Crippen LogP contribution in [0.5, 0.6) is 0 Å². The van der Waals surface area contributed by atoms with Crippen molar-refractivity contribution in [3.05, 3.63) is 0 Å². The predicted molar refractivity (Wildman–Crippen MR) is 57.8 cm³/mol. The first-order valence-corrected chi connectivity index (χ1v) is 5.72. The Morgan fingerprint density at radius 2 is 2.06 bits per heavy atom. The van der Waals surface area contributed by atoms with Crippen molar-refractivity contribution in [2.75, 3.05) is 26.4 Å². The van der Waals surface area contributed by atoms with Crippen molar-refractivity contribution >= 4 is 11.9 Å². The molecule has 5 heteroatoms. The van der Waals surface area contributed by atoms with E-state index in [0.29, 0.717) is 19.1 Å². The van der Waals surface area contributed by atoms with Crippen molar-refractivity contribution in [3.63, 3.8) is 0 Å². The van der Waals surface area contributed by atoms with Crippen molar-refractivity contribution in [3.8, 4) is 0 Å². The van der Waals surface area contributed by atoms with Crippen LogP contribution < -0.4 is 5.32 Å². The molecular formula is C11H19NO4. The molecule has 0 spiro atoms. The minimum absolute atomic E-state index is 0.183. The molecule has 0 bridgehead atoms. The van der Waals surface area contributed by atoms with Crippen molar-refractivity contribution in [2.45, 2.75) is 26.2 Å². The molecule has 1 rings (SSSR count). The van der Waals surface area contributed by atoms with E-state index in [1.165, 1.54) is 0 Å². The first kappa shape index (κ1) is 13.0. The van der Waals surface area contributed by atoms with E-state index in [1.807, 2.05) is 0 Å². The van der Waals surface area contributed by atoms with Crippen molar-refractivity contribution in [2.24, 2.45) is 5.92 Å². The van der Waals surface area contributed by atoms with Gasteiger partial charge in [-0.2, -0.15) is 0 Å². The van der Waals surface area contributed by atoms with E-state index in [1.54, 1.807) is 6.92 Å². The van der Waals surface area contributed by atoms with Crippen LogP contribution in [-0.4, -0.2) is 38.2 Å². The van der Waals surface area contributed by atoms with E-state index >= 15 is 0 Å².